The monoisotopic (exact) mass is 189 g/mol. The second-order valence-corrected chi connectivity index (χ2v) is 3.69. The highest BCUT2D eigenvalue weighted by Gasteiger charge is 1.96. The van der Waals surface area contributed by atoms with Gasteiger partial charge in [0.15, 0.2) is 0 Å². The number of thiophene rings is 1. The summed E-state index contributed by atoms with van der Waals surface area (Å²) in [5.74, 6) is 0. The predicted molar refractivity (Wildman–Crippen MR) is 55.5 cm³/mol. The van der Waals surface area contributed by atoms with E-state index >= 15 is 0 Å². The van der Waals surface area contributed by atoms with Crippen molar-refractivity contribution in [1.29, 1.82) is 0 Å². The van der Waals surface area contributed by atoms with E-state index < -0.39 is 0 Å². The number of aliphatic imine (C=N–C) groups is 1. The molecule has 0 unspecified atom stereocenters. The minimum Gasteiger partial charge on any atom is -0.276 e. The van der Waals surface area contributed by atoms with Crippen LogP contribution < -0.4 is 0 Å². The zero-order valence-corrected chi connectivity index (χ0v) is 7.62. The van der Waals surface area contributed by atoms with E-state index in [0.29, 0.717) is 6.41 Å². The van der Waals surface area contributed by atoms with Gasteiger partial charge in [-0.15, -0.1) is 11.3 Å². The summed E-state index contributed by atoms with van der Waals surface area (Å²) in [6.45, 7) is 0. The third-order valence-electron chi connectivity index (χ3n) is 1.71. The summed E-state index contributed by atoms with van der Waals surface area (Å²) < 4.78 is 1.22. The second-order valence-electron chi connectivity index (χ2n) is 2.57. The third kappa shape index (κ3) is 1.65. The van der Waals surface area contributed by atoms with Gasteiger partial charge in [-0.3, -0.25) is 4.79 Å². The third-order valence-corrected chi connectivity index (χ3v) is 2.76. The van der Waals surface area contributed by atoms with Crippen molar-refractivity contribution in [3.8, 4) is 0 Å². The van der Waals surface area contributed by atoms with Gasteiger partial charge in [-0.1, -0.05) is 18.2 Å². The molecule has 13 heavy (non-hydrogen) atoms. The Morgan fingerprint density at radius 3 is 2.92 bits per heavy atom. The Hall–Kier alpha value is -1.48. The highest BCUT2D eigenvalue weighted by Crippen LogP contribution is 2.23. The Kier molecular flexibility index (Phi) is 2.19. The zero-order valence-electron chi connectivity index (χ0n) is 6.81. The lowest BCUT2D eigenvalue weighted by Gasteiger charge is -1.82. The van der Waals surface area contributed by atoms with Gasteiger partial charge in [0.1, 0.15) is 0 Å². The number of benzene rings is 1. The van der Waals surface area contributed by atoms with Gasteiger partial charge in [0.05, 0.1) is 0 Å². The van der Waals surface area contributed by atoms with Crippen LogP contribution >= 0.6 is 11.3 Å². The van der Waals surface area contributed by atoms with Crippen LogP contribution in [0.1, 0.15) is 4.88 Å². The Balaban J connectivity index is 2.49. The highest BCUT2D eigenvalue weighted by molar-refractivity contribution is 7.20. The average molecular weight is 189 g/mol. The Morgan fingerprint density at radius 2 is 2.15 bits per heavy atom. The van der Waals surface area contributed by atoms with Crippen molar-refractivity contribution >= 4 is 34.0 Å². The molecular formula is C10H7NOS. The van der Waals surface area contributed by atoms with Crippen molar-refractivity contribution in [3.63, 3.8) is 0 Å². The summed E-state index contributed by atoms with van der Waals surface area (Å²) >= 11 is 1.63. The molecule has 0 saturated carbocycles. The molecule has 0 aliphatic heterocycles. The molecule has 2 aromatic rings. The molecule has 1 aromatic carbocycles. The molecule has 1 heterocycles. The molecule has 3 heteroatoms. The lowest BCUT2D eigenvalue weighted by atomic mass is 10.2. The average Bonchev–Trinajstić information content (AvgIpc) is 2.57. The van der Waals surface area contributed by atoms with E-state index in [1.807, 2.05) is 24.3 Å². The van der Waals surface area contributed by atoms with Crippen molar-refractivity contribution in [2.24, 2.45) is 4.99 Å². The normalized spacial score (nSPS) is 11.1. The van der Waals surface area contributed by atoms with E-state index in [0.717, 1.165) is 4.88 Å². The predicted octanol–water partition coefficient (Wildman–Crippen LogP) is 2.48. The van der Waals surface area contributed by atoms with Crippen molar-refractivity contribution in [2.45, 2.75) is 0 Å². The lowest BCUT2D eigenvalue weighted by Crippen LogP contribution is -1.70. The number of hydrogen-bond acceptors (Lipinski definition) is 2. The van der Waals surface area contributed by atoms with E-state index in [4.69, 9.17) is 0 Å². The molecule has 0 saturated heterocycles. The fourth-order valence-electron chi connectivity index (χ4n) is 1.17. The molecule has 0 N–H and O–H groups in total. The van der Waals surface area contributed by atoms with Gasteiger partial charge < -0.3 is 0 Å². The van der Waals surface area contributed by atoms with Crippen LogP contribution in [0, 0.1) is 0 Å². The summed E-state index contributed by atoms with van der Waals surface area (Å²) in [4.78, 5) is 14.5. The number of carbonyl (C=O) groups is 1. The van der Waals surface area contributed by atoms with E-state index in [2.05, 4.69) is 11.1 Å². The first-order valence-electron chi connectivity index (χ1n) is 3.85. The van der Waals surface area contributed by atoms with Crippen LogP contribution in [0.3, 0.4) is 0 Å². The van der Waals surface area contributed by atoms with Crippen molar-refractivity contribution < 1.29 is 4.79 Å². The fourth-order valence-corrected chi connectivity index (χ4v) is 2.11. The summed E-state index contributed by atoms with van der Waals surface area (Å²) in [5.41, 5.74) is 0. The highest BCUT2D eigenvalue weighted by atomic mass is 32.1. The van der Waals surface area contributed by atoms with Gasteiger partial charge in [0.25, 0.3) is 0 Å². The summed E-state index contributed by atoms with van der Waals surface area (Å²) in [5, 5.41) is 1.19. The molecule has 1 aromatic heterocycles. The van der Waals surface area contributed by atoms with Gasteiger partial charge >= 0.3 is 0 Å². The molecule has 0 fully saturated rings. The number of rotatable bonds is 2. The molecule has 1 amide bonds. The maximum atomic E-state index is 10.0. The molecule has 0 aliphatic rings. The molecule has 2 rings (SSSR count). The molecule has 0 bridgehead atoms. The number of nitrogens with zero attached hydrogens (tertiary/aromatic N) is 1. The van der Waals surface area contributed by atoms with E-state index in [1.165, 1.54) is 10.1 Å². The van der Waals surface area contributed by atoms with Crippen molar-refractivity contribution in [1.82, 2.24) is 0 Å². The Bertz CT molecular complexity index is 426. The molecule has 64 valence electrons. The standard InChI is InChI=1S/C10H7NOS/c12-7-11-6-9-5-8-3-1-2-4-10(8)13-9/h1-7H. The molecular weight excluding hydrogens is 182 g/mol. The topological polar surface area (TPSA) is 29.4 Å². The maximum absolute atomic E-state index is 10.0. The molecule has 2 nitrogen and oxygen atoms in total. The van der Waals surface area contributed by atoms with Crippen LogP contribution in [-0.2, 0) is 4.79 Å². The van der Waals surface area contributed by atoms with Gasteiger partial charge in [0, 0.05) is 15.8 Å². The summed E-state index contributed by atoms with van der Waals surface area (Å²) in [6.07, 6.45) is 2.13. The quantitative estimate of drug-likeness (QED) is 0.527. The summed E-state index contributed by atoms with van der Waals surface area (Å²) in [7, 11) is 0. The van der Waals surface area contributed by atoms with E-state index in [-0.39, 0.29) is 0 Å². The van der Waals surface area contributed by atoms with Gasteiger partial charge in [-0.2, -0.15) is 0 Å². The molecule has 0 atom stereocenters. The largest absolute Gasteiger partial charge is 0.276 e. The number of hydrogen-bond donors (Lipinski definition) is 0. The van der Waals surface area contributed by atoms with Crippen molar-refractivity contribution in [3.05, 3.63) is 35.2 Å². The van der Waals surface area contributed by atoms with Gasteiger partial charge in [-0.25, -0.2) is 4.99 Å². The number of amides is 1. The number of carbonyl (C=O) groups excluding carboxylic acids is 1. The van der Waals surface area contributed by atoms with Crippen LogP contribution in [0.25, 0.3) is 10.1 Å². The molecule has 0 radical (unpaired) electrons. The number of fused-ring (bicyclic) bond motifs is 1. The van der Waals surface area contributed by atoms with Gasteiger partial charge in [-0.05, 0) is 17.5 Å². The lowest BCUT2D eigenvalue weighted by molar-refractivity contribution is -0.106. The fraction of sp³-hybridized carbons (Fsp3) is 0. The summed E-state index contributed by atoms with van der Waals surface area (Å²) in [6, 6.07) is 10.1. The minimum atomic E-state index is 0.546. The zero-order chi connectivity index (χ0) is 9.10. The van der Waals surface area contributed by atoms with Gasteiger partial charge in [0.2, 0.25) is 6.41 Å². The first kappa shape index (κ1) is 8.13. The molecule has 0 aliphatic carbocycles. The first-order valence-corrected chi connectivity index (χ1v) is 4.67. The molecule has 0 spiro atoms. The van der Waals surface area contributed by atoms with Crippen LogP contribution in [0.4, 0.5) is 0 Å². The van der Waals surface area contributed by atoms with E-state index in [9.17, 15) is 4.79 Å². The minimum absolute atomic E-state index is 0.546. The van der Waals surface area contributed by atoms with Crippen LogP contribution in [-0.4, -0.2) is 12.6 Å². The van der Waals surface area contributed by atoms with Crippen LogP contribution in [0.5, 0.6) is 0 Å². The SMILES string of the molecule is O=CN=Cc1cc2ccccc2s1. The Morgan fingerprint density at radius 1 is 1.31 bits per heavy atom. The smallest absolute Gasteiger partial charge is 0.232 e. The van der Waals surface area contributed by atoms with Crippen LogP contribution in [0.15, 0.2) is 35.3 Å². The van der Waals surface area contributed by atoms with E-state index in [1.54, 1.807) is 17.6 Å². The van der Waals surface area contributed by atoms with Crippen LogP contribution in [0.2, 0.25) is 0 Å². The first-order chi connectivity index (χ1) is 6.40. The second kappa shape index (κ2) is 3.49. The maximum Gasteiger partial charge on any atom is 0.232 e. The Labute approximate surface area is 79.5 Å². The van der Waals surface area contributed by atoms with Crippen molar-refractivity contribution in [2.75, 3.05) is 0 Å².